The van der Waals surface area contributed by atoms with Crippen molar-refractivity contribution in [2.45, 2.75) is 79.4 Å². The van der Waals surface area contributed by atoms with Crippen molar-refractivity contribution in [2.75, 3.05) is 0 Å². The minimum absolute atomic E-state index is 0.0199. The summed E-state index contributed by atoms with van der Waals surface area (Å²) in [6.07, 6.45) is 11.4. The van der Waals surface area contributed by atoms with Crippen LogP contribution in [0.3, 0.4) is 0 Å². The van der Waals surface area contributed by atoms with Crippen LogP contribution >= 0.6 is 0 Å². The van der Waals surface area contributed by atoms with E-state index in [2.05, 4.69) is 9.97 Å². The predicted molar refractivity (Wildman–Crippen MR) is 134 cm³/mol. The highest BCUT2D eigenvalue weighted by Crippen LogP contribution is 2.27. The molecular formula is C28H38N2O6. The number of aromatic nitrogens is 2. The molecule has 8 heteroatoms. The van der Waals surface area contributed by atoms with Gasteiger partial charge in [-0.15, -0.1) is 0 Å². The van der Waals surface area contributed by atoms with Crippen molar-refractivity contribution >= 4 is 11.9 Å². The Bertz CT molecular complexity index is 956. The quantitative estimate of drug-likeness (QED) is 0.509. The Morgan fingerprint density at radius 1 is 0.722 bits per heavy atom. The van der Waals surface area contributed by atoms with E-state index < -0.39 is 0 Å². The van der Waals surface area contributed by atoms with E-state index in [4.69, 9.17) is 18.3 Å². The Labute approximate surface area is 213 Å². The molecule has 0 N–H and O–H groups in total. The minimum atomic E-state index is -0.384. The minimum Gasteiger partial charge on any atom is -0.458 e. The molecule has 0 bridgehead atoms. The van der Waals surface area contributed by atoms with E-state index in [1.807, 2.05) is 39.8 Å². The first-order chi connectivity index (χ1) is 17.1. The fraction of sp³-hybridized carbons (Fsp3) is 0.571. The first-order valence-electron chi connectivity index (χ1n) is 12.7. The third-order valence-corrected chi connectivity index (χ3v) is 6.76. The molecule has 1 unspecified atom stereocenters. The molecule has 0 aliphatic carbocycles. The van der Waals surface area contributed by atoms with Gasteiger partial charge < -0.3 is 18.3 Å². The zero-order chi connectivity index (χ0) is 26.2. The SMILES string of the molecule is CC1=C[C@@H](C)C[C@@H](C)[C@@H](Cc2cnco2)OC(=O)C(C)=C[C@@H](C)C[C@@H](C)C(Cc2cnco2)OC1=O. The Balaban J connectivity index is 1.87. The lowest BCUT2D eigenvalue weighted by Crippen LogP contribution is -2.30. The second-order valence-electron chi connectivity index (χ2n) is 10.3. The van der Waals surface area contributed by atoms with Crippen LogP contribution in [0.25, 0.3) is 0 Å². The number of ether oxygens (including phenoxy) is 2. The second kappa shape index (κ2) is 12.7. The lowest BCUT2D eigenvalue weighted by molar-refractivity contribution is -0.147. The number of nitrogens with zero attached hydrogens (tertiary/aromatic N) is 2. The summed E-state index contributed by atoms with van der Waals surface area (Å²) in [5, 5.41) is 0. The molecule has 0 spiro atoms. The lowest BCUT2D eigenvalue weighted by Gasteiger charge is -2.27. The molecule has 2 aromatic rings. The van der Waals surface area contributed by atoms with Crippen LogP contribution in [0.2, 0.25) is 0 Å². The van der Waals surface area contributed by atoms with Gasteiger partial charge in [0.05, 0.1) is 12.4 Å². The molecule has 0 amide bonds. The fourth-order valence-corrected chi connectivity index (χ4v) is 4.86. The molecule has 0 radical (unpaired) electrons. The molecule has 3 rings (SSSR count). The molecule has 8 nitrogen and oxygen atoms in total. The van der Waals surface area contributed by atoms with E-state index in [0.717, 1.165) is 0 Å². The summed E-state index contributed by atoms with van der Waals surface area (Å²) in [5.74, 6) is 0.843. The average molecular weight is 499 g/mol. The van der Waals surface area contributed by atoms with Crippen LogP contribution in [0.1, 0.15) is 65.9 Å². The molecule has 2 aromatic heterocycles. The topological polar surface area (TPSA) is 105 Å². The third-order valence-electron chi connectivity index (χ3n) is 6.76. The maximum absolute atomic E-state index is 13.0. The van der Waals surface area contributed by atoms with Crippen molar-refractivity contribution in [3.05, 3.63) is 60.0 Å². The molecule has 196 valence electrons. The number of carbonyl (C=O) groups excluding carboxylic acids is 2. The summed E-state index contributed by atoms with van der Waals surface area (Å²) >= 11 is 0. The summed E-state index contributed by atoms with van der Waals surface area (Å²) in [5.41, 5.74) is 1.12. The van der Waals surface area contributed by atoms with E-state index in [1.165, 1.54) is 12.8 Å². The Hall–Kier alpha value is -3.16. The zero-order valence-corrected chi connectivity index (χ0v) is 22.1. The molecule has 36 heavy (non-hydrogen) atoms. The molecule has 0 saturated heterocycles. The van der Waals surface area contributed by atoms with Gasteiger partial charge in [-0.1, -0.05) is 39.8 Å². The van der Waals surface area contributed by atoms with Crippen LogP contribution in [0, 0.1) is 23.7 Å². The van der Waals surface area contributed by atoms with E-state index in [1.54, 1.807) is 26.2 Å². The summed E-state index contributed by atoms with van der Waals surface area (Å²) in [7, 11) is 0. The first-order valence-corrected chi connectivity index (χ1v) is 12.7. The van der Waals surface area contributed by atoms with Gasteiger partial charge in [-0.2, -0.15) is 0 Å². The number of allylic oxidation sites excluding steroid dienone is 2. The van der Waals surface area contributed by atoms with Gasteiger partial charge in [-0.25, -0.2) is 19.6 Å². The fourth-order valence-electron chi connectivity index (χ4n) is 4.86. The van der Waals surface area contributed by atoms with Gasteiger partial charge in [0.15, 0.2) is 12.8 Å². The number of oxazole rings is 2. The van der Waals surface area contributed by atoms with Crippen molar-refractivity contribution < 1.29 is 27.9 Å². The number of hydrogen-bond acceptors (Lipinski definition) is 8. The predicted octanol–water partition coefficient (Wildman–Crippen LogP) is 5.50. The van der Waals surface area contributed by atoms with Crippen LogP contribution in [-0.2, 0) is 31.9 Å². The number of carbonyl (C=O) groups is 2. The Kier molecular flexibility index (Phi) is 9.67. The van der Waals surface area contributed by atoms with Crippen LogP contribution in [0.4, 0.5) is 0 Å². The largest absolute Gasteiger partial charge is 0.458 e. The average Bonchev–Trinajstić information content (AvgIpc) is 3.51. The molecule has 0 aromatic carbocycles. The highest BCUT2D eigenvalue weighted by Gasteiger charge is 2.28. The van der Waals surface area contributed by atoms with Crippen molar-refractivity contribution in [1.29, 1.82) is 0 Å². The monoisotopic (exact) mass is 498 g/mol. The molecule has 3 heterocycles. The van der Waals surface area contributed by atoms with Crippen molar-refractivity contribution in [2.24, 2.45) is 23.7 Å². The molecule has 0 saturated carbocycles. The number of hydrogen-bond donors (Lipinski definition) is 0. The maximum atomic E-state index is 13.0. The van der Waals surface area contributed by atoms with Crippen molar-refractivity contribution in [3.63, 3.8) is 0 Å². The molecule has 0 fully saturated rings. The number of esters is 2. The molecule has 1 aliphatic heterocycles. The van der Waals surface area contributed by atoms with Crippen molar-refractivity contribution in [1.82, 2.24) is 9.97 Å². The Morgan fingerprint density at radius 2 is 1.11 bits per heavy atom. The Morgan fingerprint density at radius 3 is 1.44 bits per heavy atom. The van der Waals surface area contributed by atoms with Gasteiger partial charge in [-0.05, 0) is 50.4 Å². The van der Waals surface area contributed by atoms with E-state index in [-0.39, 0.29) is 47.8 Å². The molecular weight excluding hydrogens is 460 g/mol. The lowest BCUT2D eigenvalue weighted by atomic mass is 9.88. The number of cyclic esters (lactones) is 2. The summed E-state index contributed by atoms with van der Waals surface area (Å²) in [6.45, 7) is 11.8. The van der Waals surface area contributed by atoms with E-state index in [0.29, 0.717) is 48.3 Å². The van der Waals surface area contributed by atoms with Crippen LogP contribution < -0.4 is 0 Å². The summed E-state index contributed by atoms with van der Waals surface area (Å²) < 4.78 is 22.8. The van der Waals surface area contributed by atoms with Gasteiger partial charge in [0.1, 0.15) is 23.7 Å². The van der Waals surface area contributed by atoms with Crippen LogP contribution in [0.5, 0.6) is 0 Å². The summed E-state index contributed by atoms with van der Waals surface area (Å²) in [4.78, 5) is 34.0. The molecule has 6 atom stereocenters. The van der Waals surface area contributed by atoms with E-state index in [9.17, 15) is 9.59 Å². The van der Waals surface area contributed by atoms with Crippen molar-refractivity contribution in [3.8, 4) is 0 Å². The van der Waals surface area contributed by atoms with Crippen LogP contribution in [0.15, 0.2) is 57.3 Å². The normalized spacial score (nSPS) is 29.2. The van der Waals surface area contributed by atoms with Gasteiger partial charge in [-0.3, -0.25) is 0 Å². The first kappa shape index (κ1) is 27.4. The molecule has 1 aliphatic rings. The third kappa shape index (κ3) is 7.93. The zero-order valence-electron chi connectivity index (χ0n) is 22.1. The highest BCUT2D eigenvalue weighted by molar-refractivity contribution is 5.88. The smallest absolute Gasteiger partial charge is 0.333 e. The van der Waals surface area contributed by atoms with Gasteiger partial charge in [0, 0.05) is 24.0 Å². The van der Waals surface area contributed by atoms with Gasteiger partial charge in [0.2, 0.25) is 0 Å². The maximum Gasteiger partial charge on any atom is 0.333 e. The highest BCUT2D eigenvalue weighted by atomic mass is 16.5. The standard InChI is InChI=1S/C28H38N2O6/c1-17-7-19(3)25(11-23-13-29-15-33-23)35-28(32)22(6)10-18(2)8-20(4)26(12-24-14-30-16-34-24)36-27(31)21(5)9-17/h9-10,13-20,25-26H,7-8,11-12H2,1-6H3/t17-,18-,19+,20+,25+,26?/m0/s1. The van der Waals surface area contributed by atoms with Crippen LogP contribution in [-0.4, -0.2) is 34.1 Å². The van der Waals surface area contributed by atoms with Gasteiger partial charge in [0.25, 0.3) is 0 Å². The second-order valence-corrected chi connectivity index (χ2v) is 10.3. The van der Waals surface area contributed by atoms with E-state index >= 15 is 0 Å². The number of rotatable bonds is 4. The summed E-state index contributed by atoms with van der Waals surface area (Å²) in [6, 6.07) is 0. The van der Waals surface area contributed by atoms with Gasteiger partial charge >= 0.3 is 11.9 Å².